The van der Waals surface area contributed by atoms with E-state index >= 15 is 0 Å². The van der Waals surface area contributed by atoms with E-state index in [1.54, 1.807) is 16.7 Å². The van der Waals surface area contributed by atoms with Crippen molar-refractivity contribution in [2.45, 2.75) is 51.2 Å². The van der Waals surface area contributed by atoms with Crippen LogP contribution in [0.1, 0.15) is 59.1 Å². The molecule has 1 amide bonds. The van der Waals surface area contributed by atoms with E-state index in [9.17, 15) is 9.59 Å². The van der Waals surface area contributed by atoms with Gasteiger partial charge in [0.2, 0.25) is 5.76 Å². The number of ether oxygens (including phenoxy) is 1. The zero-order valence-corrected chi connectivity index (χ0v) is 20.0. The Morgan fingerprint density at radius 1 is 1.12 bits per heavy atom. The maximum Gasteiger partial charge on any atom is 0.290 e. The van der Waals surface area contributed by atoms with Gasteiger partial charge in [0.05, 0.1) is 23.1 Å². The number of rotatable bonds is 7. The quantitative estimate of drug-likeness (QED) is 0.351. The molecule has 2 heterocycles. The molecule has 0 spiro atoms. The summed E-state index contributed by atoms with van der Waals surface area (Å²) in [5.74, 6) is -0.0714. The number of carbonyl (C=O) groups excluding carboxylic acids is 1. The first kappa shape index (κ1) is 22.6. The van der Waals surface area contributed by atoms with Gasteiger partial charge >= 0.3 is 0 Å². The summed E-state index contributed by atoms with van der Waals surface area (Å²) in [6, 6.07) is 11.4. The molecule has 6 heteroatoms. The topological polar surface area (TPSA) is 59.8 Å². The lowest BCUT2D eigenvalue weighted by atomic mass is 9.97. The van der Waals surface area contributed by atoms with Gasteiger partial charge < -0.3 is 14.1 Å². The monoisotopic (exact) mass is 451 g/mol. The number of amides is 1. The minimum Gasteiger partial charge on any atom is -0.450 e. The zero-order valence-electron chi connectivity index (χ0n) is 19.2. The Bertz CT molecular complexity index is 1210. The van der Waals surface area contributed by atoms with Gasteiger partial charge in [-0.15, -0.1) is 11.8 Å². The molecule has 0 bridgehead atoms. The normalized spacial score (nSPS) is 15.8. The van der Waals surface area contributed by atoms with Gasteiger partial charge in [-0.1, -0.05) is 18.2 Å². The van der Waals surface area contributed by atoms with Gasteiger partial charge in [0.15, 0.2) is 5.43 Å². The van der Waals surface area contributed by atoms with Gasteiger partial charge in [0.25, 0.3) is 5.91 Å². The molecule has 1 aliphatic rings. The van der Waals surface area contributed by atoms with Crippen molar-refractivity contribution >= 4 is 28.6 Å². The summed E-state index contributed by atoms with van der Waals surface area (Å²) in [6.45, 7) is 8.89. The second-order valence-corrected chi connectivity index (χ2v) is 9.46. The van der Waals surface area contributed by atoms with E-state index in [0.717, 1.165) is 21.6 Å². The molecule has 0 fully saturated rings. The average Bonchev–Trinajstić information content (AvgIpc) is 3.02. The number of benzene rings is 2. The lowest BCUT2D eigenvalue weighted by Gasteiger charge is -2.25. The highest BCUT2D eigenvalue weighted by Crippen LogP contribution is 2.39. The molecule has 0 radical (unpaired) electrons. The fraction of sp³-hybridized carbons (Fsp3) is 0.385. The second kappa shape index (κ2) is 9.12. The Hall–Kier alpha value is -2.57. The fourth-order valence-corrected chi connectivity index (χ4v) is 4.84. The van der Waals surface area contributed by atoms with Crippen molar-refractivity contribution in [2.75, 3.05) is 19.4 Å². The molecule has 0 N–H and O–H groups in total. The molecule has 168 valence electrons. The van der Waals surface area contributed by atoms with Crippen molar-refractivity contribution in [3.8, 4) is 0 Å². The molecule has 2 aromatic carbocycles. The van der Waals surface area contributed by atoms with Crippen LogP contribution in [0.4, 0.5) is 0 Å². The molecule has 1 atom stereocenters. The smallest absolute Gasteiger partial charge is 0.290 e. The SMILES string of the molecule is CSc1ccc([C@@H]2c3c(oc4cc(C)cc(C)c4c3=O)C(=O)N2CCCOC(C)C)cc1. The van der Waals surface area contributed by atoms with Crippen molar-refractivity contribution in [1.29, 1.82) is 0 Å². The number of nitrogens with zero attached hydrogens (tertiary/aromatic N) is 1. The molecular weight excluding hydrogens is 422 g/mol. The van der Waals surface area contributed by atoms with Crippen molar-refractivity contribution in [2.24, 2.45) is 0 Å². The molecule has 5 nitrogen and oxygen atoms in total. The van der Waals surface area contributed by atoms with Crippen LogP contribution in [0, 0.1) is 13.8 Å². The molecule has 3 aromatic rings. The molecular formula is C26H29NO4S. The summed E-state index contributed by atoms with van der Waals surface area (Å²) in [4.78, 5) is 30.0. The van der Waals surface area contributed by atoms with Gasteiger partial charge in [0, 0.05) is 18.0 Å². The molecule has 0 saturated carbocycles. The predicted octanol–water partition coefficient (Wildman–Crippen LogP) is 5.49. The Morgan fingerprint density at radius 2 is 1.84 bits per heavy atom. The van der Waals surface area contributed by atoms with Crippen LogP contribution >= 0.6 is 11.8 Å². The molecule has 0 aliphatic carbocycles. The lowest BCUT2D eigenvalue weighted by molar-refractivity contribution is 0.0593. The summed E-state index contributed by atoms with van der Waals surface area (Å²) in [5.41, 5.74) is 3.57. The van der Waals surface area contributed by atoms with E-state index in [0.29, 0.717) is 36.1 Å². The Labute approximate surface area is 192 Å². The van der Waals surface area contributed by atoms with Gasteiger partial charge in [-0.2, -0.15) is 0 Å². The number of fused-ring (bicyclic) bond motifs is 2. The van der Waals surface area contributed by atoms with E-state index in [1.165, 1.54) is 0 Å². The highest BCUT2D eigenvalue weighted by atomic mass is 32.2. The maximum absolute atomic E-state index is 13.7. The maximum atomic E-state index is 13.7. The van der Waals surface area contributed by atoms with E-state index in [2.05, 4.69) is 0 Å². The summed E-state index contributed by atoms with van der Waals surface area (Å²) >= 11 is 1.66. The number of thioether (sulfide) groups is 1. The van der Waals surface area contributed by atoms with Crippen LogP contribution in [-0.4, -0.2) is 36.3 Å². The highest BCUT2D eigenvalue weighted by molar-refractivity contribution is 7.98. The molecule has 1 aromatic heterocycles. The third-order valence-corrected chi connectivity index (χ3v) is 6.58. The average molecular weight is 452 g/mol. The van der Waals surface area contributed by atoms with Crippen molar-refractivity contribution < 1.29 is 13.9 Å². The van der Waals surface area contributed by atoms with Gasteiger partial charge in [-0.25, -0.2) is 0 Å². The van der Waals surface area contributed by atoms with Crippen molar-refractivity contribution in [1.82, 2.24) is 4.90 Å². The molecule has 32 heavy (non-hydrogen) atoms. The minimum atomic E-state index is -0.464. The first-order chi connectivity index (χ1) is 15.3. The second-order valence-electron chi connectivity index (χ2n) is 8.58. The third-order valence-electron chi connectivity index (χ3n) is 5.84. The van der Waals surface area contributed by atoms with Crippen LogP contribution in [0.15, 0.2) is 50.5 Å². The number of hydrogen-bond acceptors (Lipinski definition) is 5. The van der Waals surface area contributed by atoms with E-state index in [1.807, 2.05) is 70.3 Å². The molecule has 0 saturated heterocycles. The Balaban J connectivity index is 1.84. The number of hydrogen-bond donors (Lipinski definition) is 0. The fourth-order valence-electron chi connectivity index (χ4n) is 4.43. The summed E-state index contributed by atoms with van der Waals surface area (Å²) in [7, 11) is 0. The Morgan fingerprint density at radius 3 is 2.50 bits per heavy atom. The predicted molar refractivity (Wildman–Crippen MR) is 129 cm³/mol. The zero-order chi connectivity index (χ0) is 23.0. The van der Waals surface area contributed by atoms with Crippen LogP contribution < -0.4 is 5.43 Å². The molecule has 0 unspecified atom stereocenters. The molecule has 1 aliphatic heterocycles. The van der Waals surface area contributed by atoms with E-state index in [4.69, 9.17) is 9.15 Å². The standard InChI is InChI=1S/C26H29NO4S/c1-15(2)30-12-6-11-27-23(18-7-9-19(32-5)10-8-18)22-24(28)21-17(4)13-16(3)14-20(21)31-25(22)26(27)29/h7-10,13-15,23H,6,11-12H2,1-5H3/t23-/m1/s1. The van der Waals surface area contributed by atoms with Crippen molar-refractivity contribution in [3.05, 3.63) is 74.6 Å². The lowest BCUT2D eigenvalue weighted by Crippen LogP contribution is -2.31. The van der Waals surface area contributed by atoms with Gasteiger partial charge in [-0.05, 0) is 75.3 Å². The van der Waals surface area contributed by atoms with Gasteiger partial charge in [-0.3, -0.25) is 9.59 Å². The Kier molecular flexibility index (Phi) is 6.45. The molecule has 4 rings (SSSR count). The highest BCUT2D eigenvalue weighted by Gasteiger charge is 2.42. The third kappa shape index (κ3) is 4.09. The first-order valence-corrected chi connectivity index (χ1v) is 12.2. The number of carbonyl (C=O) groups is 1. The van der Waals surface area contributed by atoms with Crippen LogP contribution in [0.25, 0.3) is 11.0 Å². The van der Waals surface area contributed by atoms with Crippen LogP contribution in [-0.2, 0) is 4.74 Å². The first-order valence-electron chi connectivity index (χ1n) is 11.0. The number of aryl methyl sites for hydroxylation is 2. The summed E-state index contributed by atoms with van der Waals surface area (Å²) < 4.78 is 11.8. The minimum absolute atomic E-state index is 0.119. The van der Waals surface area contributed by atoms with Crippen LogP contribution in [0.2, 0.25) is 0 Å². The van der Waals surface area contributed by atoms with Gasteiger partial charge in [0.1, 0.15) is 5.58 Å². The van der Waals surface area contributed by atoms with Crippen LogP contribution in [0.5, 0.6) is 0 Å². The van der Waals surface area contributed by atoms with E-state index in [-0.39, 0.29) is 23.2 Å². The largest absolute Gasteiger partial charge is 0.450 e. The summed E-state index contributed by atoms with van der Waals surface area (Å²) in [5, 5.41) is 0.554. The van der Waals surface area contributed by atoms with Crippen LogP contribution in [0.3, 0.4) is 0 Å². The van der Waals surface area contributed by atoms with E-state index < -0.39 is 6.04 Å². The summed E-state index contributed by atoms with van der Waals surface area (Å²) in [6.07, 6.45) is 2.84. The van der Waals surface area contributed by atoms with Crippen molar-refractivity contribution in [3.63, 3.8) is 0 Å².